The van der Waals surface area contributed by atoms with E-state index >= 15 is 0 Å². The molecule has 0 bridgehead atoms. The molecule has 2 aromatic rings. The first-order valence-corrected chi connectivity index (χ1v) is 5.03. The van der Waals surface area contributed by atoms with Crippen LogP contribution in [-0.4, -0.2) is 14.8 Å². The van der Waals surface area contributed by atoms with Crippen LogP contribution in [0.25, 0.3) is 0 Å². The second-order valence-electron chi connectivity index (χ2n) is 3.04. The molecule has 15 heavy (non-hydrogen) atoms. The molecule has 0 saturated heterocycles. The molecule has 1 aromatic heterocycles. The molecule has 6 heteroatoms. The van der Waals surface area contributed by atoms with E-state index in [0.717, 1.165) is 4.47 Å². The lowest BCUT2D eigenvalue weighted by Crippen LogP contribution is -2.03. The van der Waals surface area contributed by atoms with Crippen LogP contribution in [0.2, 0.25) is 0 Å². The highest BCUT2D eigenvalue weighted by molar-refractivity contribution is 9.10. The quantitative estimate of drug-likeness (QED) is 0.906. The zero-order valence-electron chi connectivity index (χ0n) is 7.69. The fourth-order valence-electron chi connectivity index (χ4n) is 1.22. The van der Waals surface area contributed by atoms with E-state index in [1.54, 1.807) is 12.1 Å². The van der Waals surface area contributed by atoms with Gasteiger partial charge in [0.05, 0.1) is 6.54 Å². The van der Waals surface area contributed by atoms with Crippen molar-refractivity contribution in [1.29, 1.82) is 0 Å². The highest BCUT2D eigenvalue weighted by Crippen LogP contribution is 2.16. The van der Waals surface area contributed by atoms with E-state index in [1.165, 1.54) is 17.1 Å². The first-order valence-electron chi connectivity index (χ1n) is 4.24. The zero-order chi connectivity index (χ0) is 10.8. The van der Waals surface area contributed by atoms with Crippen LogP contribution in [0.5, 0.6) is 0 Å². The van der Waals surface area contributed by atoms with Gasteiger partial charge in [-0.1, -0.05) is 15.9 Å². The molecule has 0 saturated carbocycles. The van der Waals surface area contributed by atoms with Crippen molar-refractivity contribution >= 4 is 21.9 Å². The van der Waals surface area contributed by atoms with Crippen LogP contribution in [-0.2, 0) is 6.54 Å². The predicted molar refractivity (Wildman–Crippen MR) is 57.6 cm³/mol. The monoisotopic (exact) mass is 270 g/mol. The molecule has 0 aliphatic rings. The number of aromatic nitrogens is 3. The van der Waals surface area contributed by atoms with Crippen molar-refractivity contribution in [2.45, 2.75) is 6.54 Å². The first-order chi connectivity index (χ1) is 7.15. The van der Waals surface area contributed by atoms with Crippen molar-refractivity contribution in [3.63, 3.8) is 0 Å². The second kappa shape index (κ2) is 3.98. The molecule has 0 radical (unpaired) electrons. The molecule has 0 aliphatic carbocycles. The van der Waals surface area contributed by atoms with Crippen molar-refractivity contribution in [2.24, 2.45) is 0 Å². The number of hydrogen-bond acceptors (Lipinski definition) is 3. The number of anilines is 1. The summed E-state index contributed by atoms with van der Waals surface area (Å²) >= 11 is 3.28. The van der Waals surface area contributed by atoms with Crippen molar-refractivity contribution in [3.05, 3.63) is 40.4 Å². The molecular weight excluding hydrogens is 263 g/mol. The van der Waals surface area contributed by atoms with Crippen molar-refractivity contribution in [1.82, 2.24) is 14.8 Å². The van der Waals surface area contributed by atoms with Gasteiger partial charge in [-0.15, -0.1) is 5.10 Å². The van der Waals surface area contributed by atoms with Gasteiger partial charge in [0.2, 0.25) is 5.95 Å². The molecule has 0 fully saturated rings. The summed E-state index contributed by atoms with van der Waals surface area (Å²) in [6.07, 6.45) is 1.47. The van der Waals surface area contributed by atoms with Gasteiger partial charge in [0.1, 0.15) is 12.1 Å². The van der Waals surface area contributed by atoms with Crippen LogP contribution < -0.4 is 5.73 Å². The van der Waals surface area contributed by atoms with Gasteiger partial charge in [0, 0.05) is 10.0 Å². The summed E-state index contributed by atoms with van der Waals surface area (Å²) in [6, 6.07) is 4.75. The highest BCUT2D eigenvalue weighted by Gasteiger charge is 2.04. The average Bonchev–Trinajstić information content (AvgIpc) is 2.58. The Labute approximate surface area is 94.1 Å². The Morgan fingerprint density at radius 1 is 1.47 bits per heavy atom. The summed E-state index contributed by atoms with van der Waals surface area (Å²) in [7, 11) is 0. The van der Waals surface area contributed by atoms with Crippen LogP contribution in [0.3, 0.4) is 0 Å². The number of halogens is 2. The van der Waals surface area contributed by atoms with Gasteiger partial charge in [-0.3, -0.25) is 0 Å². The maximum absolute atomic E-state index is 13.3. The maximum atomic E-state index is 13.3. The molecule has 0 spiro atoms. The molecule has 0 unspecified atom stereocenters. The predicted octanol–water partition coefficient (Wildman–Crippen LogP) is 1.81. The van der Waals surface area contributed by atoms with E-state index in [2.05, 4.69) is 26.0 Å². The summed E-state index contributed by atoms with van der Waals surface area (Å²) in [5.41, 5.74) is 5.89. The lowest BCUT2D eigenvalue weighted by atomic mass is 10.2. The average molecular weight is 271 g/mol. The summed E-state index contributed by atoms with van der Waals surface area (Å²) in [5, 5.41) is 3.88. The van der Waals surface area contributed by atoms with Gasteiger partial charge in [-0.05, 0) is 18.2 Å². The topological polar surface area (TPSA) is 56.7 Å². The van der Waals surface area contributed by atoms with Gasteiger partial charge < -0.3 is 5.73 Å². The molecule has 4 nitrogen and oxygen atoms in total. The largest absolute Gasteiger partial charge is 0.367 e. The standard InChI is InChI=1S/C9H8BrFN4/c10-7-1-2-8(11)6(3-7)4-15-5-13-9(12)14-15/h1-3,5H,4H2,(H2,12,14). The molecule has 2 N–H and O–H groups in total. The lowest BCUT2D eigenvalue weighted by Gasteiger charge is -2.03. The molecule has 1 heterocycles. The van der Waals surface area contributed by atoms with Gasteiger partial charge >= 0.3 is 0 Å². The lowest BCUT2D eigenvalue weighted by molar-refractivity contribution is 0.585. The van der Waals surface area contributed by atoms with Gasteiger partial charge in [0.15, 0.2) is 0 Å². The maximum Gasteiger partial charge on any atom is 0.239 e. The number of rotatable bonds is 2. The molecule has 0 atom stereocenters. The second-order valence-corrected chi connectivity index (χ2v) is 3.95. The van der Waals surface area contributed by atoms with E-state index in [4.69, 9.17) is 5.73 Å². The number of nitrogen functional groups attached to an aromatic ring is 1. The molecule has 0 amide bonds. The molecular formula is C9H8BrFN4. The normalized spacial score (nSPS) is 10.5. The third-order valence-corrected chi connectivity index (χ3v) is 2.39. The van der Waals surface area contributed by atoms with Crippen molar-refractivity contribution < 1.29 is 4.39 Å². The smallest absolute Gasteiger partial charge is 0.239 e. The Kier molecular flexibility index (Phi) is 2.68. The zero-order valence-corrected chi connectivity index (χ0v) is 9.28. The Bertz CT molecular complexity index is 483. The SMILES string of the molecule is Nc1ncn(Cc2cc(Br)ccc2F)n1. The number of nitrogens with zero attached hydrogens (tertiary/aromatic N) is 3. The summed E-state index contributed by atoms with van der Waals surface area (Å²) in [5.74, 6) is -0.0855. The van der Waals surface area contributed by atoms with Crippen LogP contribution in [0.4, 0.5) is 10.3 Å². The Morgan fingerprint density at radius 2 is 2.27 bits per heavy atom. The minimum atomic E-state index is -0.271. The molecule has 2 rings (SSSR count). The number of benzene rings is 1. The fraction of sp³-hybridized carbons (Fsp3) is 0.111. The number of hydrogen-bond donors (Lipinski definition) is 1. The minimum Gasteiger partial charge on any atom is -0.367 e. The molecule has 78 valence electrons. The highest BCUT2D eigenvalue weighted by atomic mass is 79.9. The van der Waals surface area contributed by atoms with Gasteiger partial charge in [0.25, 0.3) is 0 Å². The summed E-state index contributed by atoms with van der Waals surface area (Å²) in [6.45, 7) is 0.315. The Balaban J connectivity index is 2.27. The third kappa shape index (κ3) is 2.33. The van der Waals surface area contributed by atoms with Crippen LogP contribution in [0.1, 0.15) is 5.56 Å². The Morgan fingerprint density at radius 3 is 2.93 bits per heavy atom. The van der Waals surface area contributed by atoms with Crippen LogP contribution in [0, 0.1) is 5.82 Å². The van der Waals surface area contributed by atoms with Crippen LogP contribution >= 0.6 is 15.9 Å². The van der Waals surface area contributed by atoms with Gasteiger partial charge in [-0.2, -0.15) is 0 Å². The Hall–Kier alpha value is -1.43. The van der Waals surface area contributed by atoms with E-state index in [0.29, 0.717) is 12.1 Å². The number of nitrogens with two attached hydrogens (primary N) is 1. The molecule has 1 aromatic carbocycles. The van der Waals surface area contributed by atoms with E-state index < -0.39 is 0 Å². The molecule has 0 aliphatic heterocycles. The van der Waals surface area contributed by atoms with E-state index in [1.807, 2.05) is 0 Å². The van der Waals surface area contributed by atoms with Gasteiger partial charge in [-0.25, -0.2) is 14.1 Å². The van der Waals surface area contributed by atoms with Crippen molar-refractivity contribution in [3.8, 4) is 0 Å². The van der Waals surface area contributed by atoms with E-state index in [9.17, 15) is 4.39 Å². The fourth-order valence-corrected chi connectivity index (χ4v) is 1.63. The first kappa shape index (κ1) is 10.1. The van der Waals surface area contributed by atoms with Crippen molar-refractivity contribution in [2.75, 3.05) is 5.73 Å². The summed E-state index contributed by atoms with van der Waals surface area (Å²) in [4.78, 5) is 3.76. The van der Waals surface area contributed by atoms with Crippen LogP contribution in [0.15, 0.2) is 29.0 Å². The van der Waals surface area contributed by atoms with E-state index in [-0.39, 0.29) is 11.8 Å². The third-order valence-electron chi connectivity index (χ3n) is 1.89. The minimum absolute atomic E-state index is 0.186. The summed E-state index contributed by atoms with van der Waals surface area (Å²) < 4.78 is 15.7.